The molecule has 1 fully saturated rings. The lowest BCUT2D eigenvalue weighted by Gasteiger charge is -2.30. The number of nitrogens with one attached hydrogen (secondary N) is 8. The van der Waals surface area contributed by atoms with Crippen LogP contribution in [0.4, 0.5) is 0 Å². The lowest BCUT2D eigenvalue weighted by molar-refractivity contribution is -0.142. The monoisotopic (exact) mass is 1610 g/mol. The van der Waals surface area contributed by atoms with Gasteiger partial charge < -0.3 is 76.0 Å². The van der Waals surface area contributed by atoms with E-state index in [9.17, 15) is 67.4 Å². The highest BCUT2D eigenvalue weighted by Crippen LogP contribution is 2.31. The van der Waals surface area contributed by atoms with Crippen molar-refractivity contribution < 1.29 is 77.0 Å². The number of aromatic nitrogens is 2. The van der Waals surface area contributed by atoms with Crippen LogP contribution in [0.5, 0.6) is 0 Å². The normalized spacial score (nSPS) is 24.1. The number of hydrogen-bond acceptors (Lipinski definition) is 19. The summed E-state index contributed by atoms with van der Waals surface area (Å²) in [4.78, 5) is 232. The quantitative estimate of drug-likeness (QED) is 0.0282. The zero-order valence-corrected chi connectivity index (χ0v) is 68.3. The topological polar surface area (TPSA) is 544 Å². The van der Waals surface area contributed by atoms with E-state index in [2.05, 4.69) is 57.2 Å². The van der Waals surface area contributed by atoms with Gasteiger partial charge in [-0.25, -0.2) is 4.98 Å². The predicted molar refractivity (Wildman–Crippen MR) is 433 cm³/mol. The average molecular weight is 1610 g/mol. The minimum atomic E-state index is -1.90. The van der Waals surface area contributed by atoms with Crippen molar-refractivity contribution in [2.24, 2.45) is 97.8 Å². The zero-order valence-electron chi connectivity index (χ0n) is 67.5. The highest BCUT2D eigenvalue weighted by atomic mass is 32.2. The van der Waals surface area contributed by atoms with Gasteiger partial charge in [0.2, 0.25) is 47.3 Å². The molecule has 0 saturated carbocycles. The van der Waals surface area contributed by atoms with Crippen LogP contribution < -0.4 is 65.9 Å². The summed E-state index contributed by atoms with van der Waals surface area (Å²) in [5.41, 5.74) is 29.6. The maximum atomic E-state index is 15.0. The number of nitrogens with zero attached hydrogens (tertiary/aromatic N) is 3. The molecule has 0 bridgehead atoms. The molecule has 0 aliphatic carbocycles. The highest BCUT2D eigenvalue weighted by Gasteiger charge is 2.41. The summed E-state index contributed by atoms with van der Waals surface area (Å²) in [7, 11) is 0. The summed E-state index contributed by atoms with van der Waals surface area (Å²) >= 11 is 0.894. The van der Waals surface area contributed by atoms with Gasteiger partial charge in [0, 0.05) is 112 Å². The van der Waals surface area contributed by atoms with E-state index in [4.69, 9.17) is 28.7 Å². The number of nitrogens with two attached hydrogens (primary N) is 5. The summed E-state index contributed by atoms with van der Waals surface area (Å²) < 4.78 is 0. The first kappa shape index (κ1) is 96.2. The number of primary amides is 1. The number of carbonyl (C=O) groups is 15. The Hall–Kier alpha value is -10.2. The fourth-order valence-electron chi connectivity index (χ4n) is 13.6. The van der Waals surface area contributed by atoms with Gasteiger partial charge in [-0.05, 0) is 79.2 Å². The number of amides is 8. The van der Waals surface area contributed by atoms with Crippen molar-refractivity contribution in [1.82, 2.24) is 47.2 Å². The van der Waals surface area contributed by atoms with Crippen LogP contribution in [0.15, 0.2) is 83.2 Å². The van der Waals surface area contributed by atoms with Gasteiger partial charge in [-0.15, -0.1) is 11.8 Å². The van der Waals surface area contributed by atoms with E-state index in [0.717, 1.165) is 11.8 Å². The van der Waals surface area contributed by atoms with Crippen LogP contribution in [0.2, 0.25) is 0 Å². The molecule has 2 heterocycles. The van der Waals surface area contributed by atoms with E-state index in [1.807, 2.05) is 27.7 Å². The van der Waals surface area contributed by atoms with E-state index in [-0.39, 0.29) is 107 Å². The van der Waals surface area contributed by atoms with Crippen molar-refractivity contribution in [1.29, 1.82) is 0 Å². The fraction of sp³-hybridized carbons (Fsp3) is 0.605. The number of thioether (sulfide) groups is 1. The number of aliphatic carboxylic acids is 1. The molecule has 1 saturated heterocycles. The molecule has 0 spiro atoms. The standard InChI is InChI=1S/C81H122N16O16S/c1-11-48(9)57-39-66(100)55(46(5)6)37-69(103)73(49(10)12-2)97-75(109)52(31-45(3)4)36-67(101)60(32-50-21-15-13-16-22-50)91-71(105)43-114-42-63(64(98)27-28-70(82)104)96-77(111)59(26-20-30-89-81(85)86)93-78(112)61(33-51-23-17-14-18-24-51)95-76(110)56(47(7)8)38-68(102)58(25-19-29-88-80(83)84)92-79(113)62(40-72(106)107)94-74(108)53(35-65(57)99)34-54-41-87-44-90-54/h13-18,21-24,41,44-49,52-53,55-63,73H,11-12,19-20,25-40,42-43H2,1-10H3,(H2,82,104)(H,87,90)(H,91,105)(H,92,113)(H,93,112)(H,94,108)(H,95,110)(H,96,111)(H,97,109)(H,106,107)(H4,83,84,88)(H4,85,86,89)/t48-,49-,52+,53+,55-,56-,57-,58-,59-,60-,61-,62-,63-,73-/m0/s1. The lowest BCUT2D eigenvalue weighted by atomic mass is 9.75. The number of carboxylic acid groups (broad SMARTS) is 1. The highest BCUT2D eigenvalue weighted by molar-refractivity contribution is 8.00. The summed E-state index contributed by atoms with van der Waals surface area (Å²) in [6.45, 7) is 17.6. The molecule has 628 valence electrons. The van der Waals surface area contributed by atoms with E-state index in [1.54, 1.807) is 102 Å². The number of carboxylic acids is 1. The minimum absolute atomic E-state index is 0.0112. The molecule has 14 atom stereocenters. The second-order valence-electron chi connectivity index (χ2n) is 31.0. The van der Waals surface area contributed by atoms with E-state index in [0.29, 0.717) is 29.7 Å². The van der Waals surface area contributed by atoms with Gasteiger partial charge in [0.05, 0.1) is 48.6 Å². The van der Waals surface area contributed by atoms with Crippen molar-refractivity contribution in [2.75, 3.05) is 24.6 Å². The van der Waals surface area contributed by atoms with Gasteiger partial charge in [0.25, 0.3) is 0 Å². The Morgan fingerprint density at radius 3 is 1.54 bits per heavy atom. The van der Waals surface area contributed by atoms with Crippen LogP contribution in [-0.2, 0) is 91.2 Å². The molecule has 33 heteroatoms. The Bertz CT molecular complexity index is 3780. The predicted octanol–water partition coefficient (Wildman–Crippen LogP) is 3.32. The first-order valence-electron chi connectivity index (χ1n) is 39.4. The molecule has 1 aromatic heterocycles. The molecule has 0 unspecified atom stereocenters. The summed E-state index contributed by atoms with van der Waals surface area (Å²) in [6, 6.07) is 7.08. The molecule has 4 rings (SSSR count). The molecule has 3 aromatic rings. The van der Waals surface area contributed by atoms with Crippen molar-refractivity contribution in [3.63, 3.8) is 0 Å². The number of rotatable bonds is 28. The number of aromatic amines is 1. The third-order valence-corrected chi connectivity index (χ3v) is 21.7. The van der Waals surface area contributed by atoms with Gasteiger partial charge in [-0.1, -0.05) is 143 Å². The van der Waals surface area contributed by atoms with Gasteiger partial charge in [0.1, 0.15) is 29.7 Å². The molecule has 0 radical (unpaired) electrons. The number of imidazole rings is 1. The molecule has 1 aliphatic rings. The maximum Gasteiger partial charge on any atom is 0.305 e. The first-order valence-corrected chi connectivity index (χ1v) is 40.6. The third-order valence-electron chi connectivity index (χ3n) is 20.6. The van der Waals surface area contributed by atoms with Crippen LogP contribution in [0.25, 0.3) is 0 Å². The Kier molecular flexibility index (Phi) is 41.7. The van der Waals surface area contributed by atoms with Crippen LogP contribution >= 0.6 is 11.8 Å². The van der Waals surface area contributed by atoms with Gasteiger partial charge in [-0.3, -0.25) is 81.9 Å². The van der Waals surface area contributed by atoms with Crippen LogP contribution in [-0.4, -0.2) is 182 Å². The Morgan fingerprint density at radius 1 is 0.509 bits per heavy atom. The second kappa shape index (κ2) is 49.4. The van der Waals surface area contributed by atoms with Crippen molar-refractivity contribution in [2.45, 2.75) is 227 Å². The largest absolute Gasteiger partial charge is 0.481 e. The Morgan fingerprint density at radius 2 is 1.00 bits per heavy atom. The molecule has 8 amide bonds. The van der Waals surface area contributed by atoms with Gasteiger partial charge in [-0.2, -0.15) is 0 Å². The van der Waals surface area contributed by atoms with Crippen molar-refractivity contribution in [3.05, 3.63) is 90.0 Å². The van der Waals surface area contributed by atoms with Crippen molar-refractivity contribution in [3.8, 4) is 0 Å². The number of benzene rings is 2. The number of ketones is 6. The SMILES string of the molecule is CC[C@H](C)[C@@H]1CC(=O)[C@H](C(C)C)CC(=O)[C@H]([C@@H](C)CC)NC(=O)[C@H](CC(C)C)CC(=O)[C@H](Cc2ccccc2)NC(=O)CSC[C@@H](C(=O)CCC(N)=O)NC(=O)[C@H](CCCN=C(N)N)NC(=O)[C@H](Cc2ccccc2)NC(=O)[C@H](C(C)C)CC(=O)[C@H](CCCN=C(N)N)NC(=O)[C@H](CC(=O)O)NC(=O)[C@H](Cc2cnc[nH]2)CC1=O. The molecule has 19 N–H and O–H groups in total. The molecule has 2 aromatic carbocycles. The van der Waals surface area contributed by atoms with Crippen molar-refractivity contribution >= 4 is 112 Å². The number of carbonyl (C=O) groups excluding carboxylic acids is 14. The maximum absolute atomic E-state index is 15.0. The fourth-order valence-corrected chi connectivity index (χ4v) is 14.5. The van der Waals surface area contributed by atoms with Gasteiger partial charge in [0.15, 0.2) is 35.1 Å². The van der Waals surface area contributed by atoms with E-state index in [1.165, 1.54) is 12.5 Å². The lowest BCUT2D eigenvalue weighted by Crippen LogP contribution is -2.57. The van der Waals surface area contributed by atoms with Gasteiger partial charge >= 0.3 is 5.97 Å². The molecule has 114 heavy (non-hydrogen) atoms. The van der Waals surface area contributed by atoms with Crippen LogP contribution in [0, 0.1) is 59.2 Å². The summed E-state index contributed by atoms with van der Waals surface area (Å²) in [5, 5.41) is 29.4. The number of H-pyrrole nitrogens is 1. The minimum Gasteiger partial charge on any atom is -0.481 e. The number of Topliss-reactive ketones (excluding diaryl/α,β-unsaturated/α-hetero) is 6. The molecule has 32 nitrogen and oxygen atoms in total. The molecule has 1 aliphatic heterocycles. The second-order valence-corrected chi connectivity index (χ2v) is 32.0. The third kappa shape index (κ3) is 34.2. The van der Waals surface area contributed by atoms with Crippen LogP contribution in [0.1, 0.15) is 182 Å². The first-order chi connectivity index (χ1) is 53.9. The number of aliphatic imine (C=N–C) groups is 2. The van der Waals surface area contributed by atoms with Crippen LogP contribution in [0.3, 0.4) is 0 Å². The summed E-state index contributed by atoms with van der Waals surface area (Å²) in [6.07, 6.45) is -1.04. The smallest absolute Gasteiger partial charge is 0.305 e. The molecular weight excluding hydrogens is 1490 g/mol. The molecular formula is C81H122N16O16S. The number of guanidine groups is 2. The number of hydrogen-bond donors (Lipinski definition) is 14. The zero-order chi connectivity index (χ0) is 84.9. The average Bonchev–Trinajstić information content (AvgIpc) is 0.938. The Balaban J connectivity index is 1.95. The summed E-state index contributed by atoms with van der Waals surface area (Å²) in [5.74, 6) is -20.9. The van der Waals surface area contributed by atoms with E-state index < -0.39 is 221 Å². The Labute approximate surface area is 672 Å². The van der Waals surface area contributed by atoms with E-state index >= 15 is 9.59 Å².